The molecule has 26 heavy (non-hydrogen) atoms. The van der Waals surface area contributed by atoms with E-state index in [0.29, 0.717) is 37.2 Å². The molecule has 3 heterocycles. The van der Waals surface area contributed by atoms with E-state index in [1.165, 1.54) is 0 Å². The fraction of sp³-hybridized carbons (Fsp3) is 0.333. The van der Waals surface area contributed by atoms with E-state index in [-0.39, 0.29) is 5.91 Å². The van der Waals surface area contributed by atoms with Crippen LogP contribution in [-0.4, -0.2) is 56.9 Å². The van der Waals surface area contributed by atoms with Crippen LogP contribution in [0, 0.1) is 0 Å². The fourth-order valence-corrected chi connectivity index (χ4v) is 3.11. The second-order valence-electron chi connectivity index (χ2n) is 6.24. The summed E-state index contributed by atoms with van der Waals surface area (Å²) < 4.78 is 7.05. The number of anilines is 1. The van der Waals surface area contributed by atoms with E-state index < -0.39 is 0 Å². The first-order chi connectivity index (χ1) is 12.7. The van der Waals surface area contributed by atoms with Gasteiger partial charge in [0.25, 0.3) is 5.91 Å². The van der Waals surface area contributed by atoms with Gasteiger partial charge in [0, 0.05) is 45.0 Å². The van der Waals surface area contributed by atoms with Gasteiger partial charge in [-0.25, -0.2) is 0 Å². The molecule has 0 radical (unpaired) electrons. The fourth-order valence-electron chi connectivity index (χ4n) is 3.11. The Morgan fingerprint density at radius 3 is 2.69 bits per heavy atom. The molecule has 0 bridgehead atoms. The molecular formula is C18H20N6O2. The summed E-state index contributed by atoms with van der Waals surface area (Å²) in [5, 5.41) is 8.15. The van der Waals surface area contributed by atoms with Gasteiger partial charge >= 0.3 is 6.01 Å². The lowest BCUT2D eigenvalue weighted by atomic mass is 10.2. The SMILES string of the molecule is Cn1nccc1C(=O)N1CCCN(c2nc(-c3ccccc3)no2)CC1. The first-order valence-electron chi connectivity index (χ1n) is 8.64. The summed E-state index contributed by atoms with van der Waals surface area (Å²) in [5.74, 6) is 0.579. The Hall–Kier alpha value is -3.16. The van der Waals surface area contributed by atoms with E-state index in [4.69, 9.17) is 4.52 Å². The third-order valence-corrected chi connectivity index (χ3v) is 4.54. The zero-order valence-corrected chi connectivity index (χ0v) is 14.6. The van der Waals surface area contributed by atoms with Crippen molar-refractivity contribution in [1.29, 1.82) is 0 Å². The molecule has 2 aromatic heterocycles. The molecule has 0 saturated carbocycles. The molecule has 3 aromatic rings. The third-order valence-electron chi connectivity index (χ3n) is 4.54. The molecule has 0 aliphatic carbocycles. The van der Waals surface area contributed by atoms with Crippen molar-refractivity contribution in [3.63, 3.8) is 0 Å². The van der Waals surface area contributed by atoms with Gasteiger partial charge in [0.1, 0.15) is 5.69 Å². The standard InChI is InChI=1S/C18H20N6O2/c1-22-15(8-9-19-22)17(25)23-10-5-11-24(13-12-23)18-20-16(21-26-18)14-6-3-2-4-7-14/h2-4,6-9H,5,10-13H2,1H3. The molecule has 134 valence electrons. The van der Waals surface area contributed by atoms with Crippen molar-refractivity contribution in [1.82, 2.24) is 24.8 Å². The Balaban J connectivity index is 1.45. The summed E-state index contributed by atoms with van der Waals surface area (Å²) in [6.07, 6.45) is 2.48. The van der Waals surface area contributed by atoms with Gasteiger partial charge in [-0.2, -0.15) is 10.1 Å². The van der Waals surface area contributed by atoms with Crippen LogP contribution < -0.4 is 4.90 Å². The van der Waals surface area contributed by atoms with Crippen molar-refractivity contribution in [2.75, 3.05) is 31.1 Å². The lowest BCUT2D eigenvalue weighted by molar-refractivity contribution is 0.0756. The van der Waals surface area contributed by atoms with Gasteiger partial charge in [0.05, 0.1) is 0 Å². The monoisotopic (exact) mass is 352 g/mol. The van der Waals surface area contributed by atoms with E-state index in [2.05, 4.69) is 15.2 Å². The summed E-state index contributed by atoms with van der Waals surface area (Å²) in [6, 6.07) is 12.0. The van der Waals surface area contributed by atoms with Crippen LogP contribution in [0.2, 0.25) is 0 Å². The Morgan fingerprint density at radius 2 is 1.92 bits per heavy atom. The average molecular weight is 352 g/mol. The summed E-state index contributed by atoms with van der Waals surface area (Å²) in [4.78, 5) is 21.1. The second-order valence-corrected chi connectivity index (χ2v) is 6.24. The van der Waals surface area contributed by atoms with Crippen LogP contribution in [0.1, 0.15) is 16.9 Å². The Labute approximate surface area is 151 Å². The summed E-state index contributed by atoms with van der Waals surface area (Å²) >= 11 is 0. The predicted octanol–water partition coefficient (Wildman–Crippen LogP) is 1.82. The van der Waals surface area contributed by atoms with Crippen LogP contribution in [0.3, 0.4) is 0 Å². The van der Waals surface area contributed by atoms with Crippen LogP contribution >= 0.6 is 0 Å². The smallest absolute Gasteiger partial charge is 0.324 e. The van der Waals surface area contributed by atoms with Crippen molar-refractivity contribution in [2.24, 2.45) is 7.05 Å². The molecule has 1 fully saturated rings. The molecule has 1 saturated heterocycles. The number of carbonyl (C=O) groups excluding carboxylic acids is 1. The van der Waals surface area contributed by atoms with Crippen molar-refractivity contribution >= 4 is 11.9 Å². The predicted molar refractivity (Wildman–Crippen MR) is 95.7 cm³/mol. The van der Waals surface area contributed by atoms with Crippen molar-refractivity contribution in [2.45, 2.75) is 6.42 Å². The van der Waals surface area contributed by atoms with Crippen LogP contribution in [0.4, 0.5) is 6.01 Å². The van der Waals surface area contributed by atoms with E-state index in [1.54, 1.807) is 24.0 Å². The number of nitrogens with zero attached hydrogens (tertiary/aromatic N) is 6. The van der Waals surface area contributed by atoms with Gasteiger partial charge in [-0.3, -0.25) is 9.48 Å². The minimum atomic E-state index is 0.00218. The van der Waals surface area contributed by atoms with Gasteiger partial charge in [0.2, 0.25) is 5.82 Å². The average Bonchev–Trinajstić information content (AvgIpc) is 3.25. The number of aryl methyl sites for hydroxylation is 1. The first-order valence-corrected chi connectivity index (χ1v) is 8.64. The van der Waals surface area contributed by atoms with Crippen molar-refractivity contribution < 1.29 is 9.32 Å². The number of benzene rings is 1. The molecule has 0 spiro atoms. The minimum Gasteiger partial charge on any atom is -0.335 e. The van der Waals surface area contributed by atoms with E-state index in [9.17, 15) is 4.79 Å². The van der Waals surface area contributed by atoms with Gasteiger partial charge in [0.15, 0.2) is 0 Å². The van der Waals surface area contributed by atoms with Gasteiger partial charge in [-0.05, 0) is 12.5 Å². The highest BCUT2D eigenvalue weighted by Crippen LogP contribution is 2.21. The largest absolute Gasteiger partial charge is 0.335 e. The lowest BCUT2D eigenvalue weighted by Crippen LogP contribution is -2.36. The molecule has 1 amide bonds. The van der Waals surface area contributed by atoms with Crippen LogP contribution in [0.15, 0.2) is 47.1 Å². The molecule has 8 heteroatoms. The van der Waals surface area contributed by atoms with E-state index in [1.807, 2.05) is 40.1 Å². The highest BCUT2D eigenvalue weighted by molar-refractivity contribution is 5.92. The number of aromatic nitrogens is 4. The summed E-state index contributed by atoms with van der Waals surface area (Å²) in [7, 11) is 1.78. The van der Waals surface area contributed by atoms with Gasteiger partial charge in [-0.1, -0.05) is 35.5 Å². The molecule has 4 rings (SSSR count). The quantitative estimate of drug-likeness (QED) is 0.715. The number of hydrogen-bond acceptors (Lipinski definition) is 6. The number of rotatable bonds is 3. The van der Waals surface area contributed by atoms with Crippen LogP contribution in [0.25, 0.3) is 11.4 Å². The third kappa shape index (κ3) is 3.17. The van der Waals surface area contributed by atoms with Gasteiger partial charge < -0.3 is 14.3 Å². The topological polar surface area (TPSA) is 80.3 Å². The molecular weight excluding hydrogens is 332 g/mol. The molecule has 1 aliphatic heterocycles. The minimum absolute atomic E-state index is 0.00218. The van der Waals surface area contributed by atoms with Gasteiger partial charge in [-0.15, -0.1) is 0 Å². The molecule has 8 nitrogen and oxygen atoms in total. The van der Waals surface area contributed by atoms with Crippen molar-refractivity contribution in [3.8, 4) is 11.4 Å². The maximum absolute atomic E-state index is 12.7. The molecule has 1 aromatic carbocycles. The molecule has 0 N–H and O–H groups in total. The molecule has 1 aliphatic rings. The zero-order valence-electron chi connectivity index (χ0n) is 14.6. The number of hydrogen-bond donors (Lipinski definition) is 0. The second kappa shape index (κ2) is 6.99. The zero-order chi connectivity index (χ0) is 17.9. The highest BCUT2D eigenvalue weighted by Gasteiger charge is 2.24. The maximum atomic E-state index is 12.7. The maximum Gasteiger partial charge on any atom is 0.324 e. The summed E-state index contributed by atoms with van der Waals surface area (Å²) in [5.41, 5.74) is 1.52. The van der Waals surface area contributed by atoms with E-state index in [0.717, 1.165) is 18.5 Å². The highest BCUT2D eigenvalue weighted by atomic mass is 16.5. The molecule has 0 unspecified atom stereocenters. The number of amides is 1. The Kier molecular flexibility index (Phi) is 4.39. The van der Waals surface area contributed by atoms with E-state index >= 15 is 0 Å². The van der Waals surface area contributed by atoms with Crippen molar-refractivity contribution in [3.05, 3.63) is 48.3 Å². The summed E-state index contributed by atoms with van der Waals surface area (Å²) in [6.45, 7) is 2.72. The van der Waals surface area contributed by atoms with Crippen LogP contribution in [0.5, 0.6) is 0 Å². The lowest BCUT2D eigenvalue weighted by Gasteiger charge is -2.20. The van der Waals surface area contributed by atoms with Crippen LogP contribution in [-0.2, 0) is 7.05 Å². The Morgan fingerprint density at radius 1 is 1.08 bits per heavy atom. The Bertz CT molecular complexity index is 888. The number of carbonyl (C=O) groups is 1. The molecule has 0 atom stereocenters. The first kappa shape index (κ1) is 16.3. The normalized spacial score (nSPS) is 15.1.